The molecule has 6 heteroatoms. The molecule has 1 aromatic heterocycles. The molecule has 0 bridgehead atoms. The molecule has 122 valence electrons. The maximum absolute atomic E-state index is 12.1. The van der Waals surface area contributed by atoms with Crippen molar-refractivity contribution in [1.29, 1.82) is 0 Å². The molecule has 0 spiro atoms. The van der Waals surface area contributed by atoms with Crippen molar-refractivity contribution in [2.24, 2.45) is 0 Å². The highest BCUT2D eigenvalue weighted by molar-refractivity contribution is 5.91. The third kappa shape index (κ3) is 4.88. The van der Waals surface area contributed by atoms with Crippen LogP contribution in [0.5, 0.6) is 5.75 Å². The molecule has 0 aliphatic rings. The molecular formula is C17H19NO5. The van der Waals surface area contributed by atoms with Crippen LogP contribution < -0.4 is 10.1 Å². The van der Waals surface area contributed by atoms with Gasteiger partial charge in [0.1, 0.15) is 5.75 Å². The summed E-state index contributed by atoms with van der Waals surface area (Å²) < 4.78 is 10.5. The Labute approximate surface area is 134 Å². The number of amides is 1. The fourth-order valence-corrected chi connectivity index (χ4v) is 2.08. The van der Waals surface area contributed by atoms with E-state index in [0.717, 1.165) is 6.42 Å². The van der Waals surface area contributed by atoms with Gasteiger partial charge in [-0.3, -0.25) is 9.59 Å². The Morgan fingerprint density at radius 2 is 2.00 bits per heavy atom. The number of furan rings is 1. The van der Waals surface area contributed by atoms with E-state index >= 15 is 0 Å². The molecule has 0 saturated carbocycles. The third-order valence-corrected chi connectivity index (χ3v) is 3.18. The van der Waals surface area contributed by atoms with Crippen LogP contribution in [0.3, 0.4) is 0 Å². The number of carbonyl (C=O) groups is 2. The number of hydrogen-bond donors (Lipinski definition) is 2. The van der Waals surface area contributed by atoms with Crippen LogP contribution in [0.25, 0.3) is 0 Å². The lowest BCUT2D eigenvalue weighted by Crippen LogP contribution is -2.29. The number of carboxylic acid groups (broad SMARTS) is 1. The summed E-state index contributed by atoms with van der Waals surface area (Å²) in [5.74, 6) is -0.598. The smallest absolute Gasteiger partial charge is 0.305 e. The van der Waals surface area contributed by atoms with Gasteiger partial charge in [-0.15, -0.1) is 0 Å². The van der Waals surface area contributed by atoms with Gasteiger partial charge in [0.05, 0.1) is 25.3 Å². The summed E-state index contributed by atoms with van der Waals surface area (Å²) >= 11 is 0. The molecule has 0 fully saturated rings. The van der Waals surface area contributed by atoms with E-state index in [1.807, 2.05) is 6.92 Å². The fourth-order valence-electron chi connectivity index (χ4n) is 2.08. The Balaban J connectivity index is 2.11. The first kappa shape index (κ1) is 16.6. The molecule has 0 radical (unpaired) electrons. The van der Waals surface area contributed by atoms with Crippen LogP contribution in [0, 0.1) is 0 Å². The first-order valence-corrected chi connectivity index (χ1v) is 7.39. The Hall–Kier alpha value is -2.76. The van der Waals surface area contributed by atoms with E-state index in [1.54, 1.807) is 30.3 Å². The van der Waals surface area contributed by atoms with Gasteiger partial charge < -0.3 is 19.6 Å². The topological polar surface area (TPSA) is 88.8 Å². The SMILES string of the molecule is CCCOc1ccc([C@@H](CC(=O)O)NC(=O)c2ccco2)cc1. The van der Waals surface area contributed by atoms with Crippen LogP contribution in [-0.2, 0) is 4.79 Å². The maximum atomic E-state index is 12.1. The molecule has 23 heavy (non-hydrogen) atoms. The van der Waals surface area contributed by atoms with E-state index in [-0.39, 0.29) is 12.2 Å². The fraction of sp³-hybridized carbons (Fsp3) is 0.294. The maximum Gasteiger partial charge on any atom is 0.305 e. The lowest BCUT2D eigenvalue weighted by atomic mass is 10.0. The number of ether oxygens (including phenoxy) is 1. The number of carbonyl (C=O) groups excluding carboxylic acids is 1. The van der Waals surface area contributed by atoms with Crippen molar-refractivity contribution in [3.8, 4) is 5.75 Å². The Morgan fingerprint density at radius 3 is 2.57 bits per heavy atom. The quantitative estimate of drug-likeness (QED) is 0.781. The van der Waals surface area contributed by atoms with E-state index in [1.165, 1.54) is 12.3 Å². The van der Waals surface area contributed by atoms with Crippen molar-refractivity contribution >= 4 is 11.9 Å². The zero-order chi connectivity index (χ0) is 16.7. The molecule has 2 rings (SSSR count). The standard InChI is InChI=1S/C17H19NO5/c1-2-9-22-13-7-5-12(6-8-13)14(11-16(19)20)18-17(21)15-4-3-10-23-15/h3-8,10,14H,2,9,11H2,1H3,(H,18,21)(H,19,20)/t14-/m1/s1. The summed E-state index contributed by atoms with van der Waals surface area (Å²) in [5.41, 5.74) is 0.691. The van der Waals surface area contributed by atoms with Gasteiger partial charge in [-0.05, 0) is 36.2 Å². The number of benzene rings is 1. The second-order valence-electron chi connectivity index (χ2n) is 5.02. The third-order valence-electron chi connectivity index (χ3n) is 3.18. The number of aliphatic carboxylic acids is 1. The Kier molecular flexibility index (Phi) is 5.80. The molecule has 0 aliphatic heterocycles. The second kappa shape index (κ2) is 8.03. The molecule has 1 heterocycles. The minimum atomic E-state index is -0.999. The minimum absolute atomic E-state index is 0.142. The molecule has 0 unspecified atom stereocenters. The number of carboxylic acids is 1. The van der Waals surface area contributed by atoms with Gasteiger partial charge in [-0.2, -0.15) is 0 Å². The van der Waals surface area contributed by atoms with Gasteiger partial charge in [-0.1, -0.05) is 19.1 Å². The molecule has 2 aromatic rings. The van der Waals surface area contributed by atoms with E-state index < -0.39 is 17.9 Å². The van der Waals surface area contributed by atoms with E-state index in [4.69, 9.17) is 14.3 Å². The van der Waals surface area contributed by atoms with Crippen LogP contribution in [0.2, 0.25) is 0 Å². The van der Waals surface area contributed by atoms with E-state index in [9.17, 15) is 9.59 Å². The van der Waals surface area contributed by atoms with Crippen molar-refractivity contribution in [3.63, 3.8) is 0 Å². The highest BCUT2D eigenvalue weighted by Gasteiger charge is 2.20. The molecule has 2 N–H and O–H groups in total. The predicted octanol–water partition coefficient (Wildman–Crippen LogP) is 3.01. The van der Waals surface area contributed by atoms with Crippen molar-refractivity contribution in [2.45, 2.75) is 25.8 Å². The summed E-state index contributed by atoms with van der Waals surface area (Å²) in [4.78, 5) is 23.1. The molecule has 0 aliphatic carbocycles. The van der Waals surface area contributed by atoms with E-state index in [2.05, 4.69) is 5.32 Å². The highest BCUT2D eigenvalue weighted by Crippen LogP contribution is 2.21. The average Bonchev–Trinajstić information content (AvgIpc) is 3.07. The molecule has 0 saturated heterocycles. The second-order valence-corrected chi connectivity index (χ2v) is 5.02. The van der Waals surface area contributed by atoms with Crippen LogP contribution >= 0.6 is 0 Å². The molecule has 1 aromatic carbocycles. The molecule has 1 amide bonds. The number of nitrogens with one attached hydrogen (secondary N) is 1. The number of hydrogen-bond acceptors (Lipinski definition) is 4. The van der Waals surface area contributed by atoms with Crippen LogP contribution in [0.1, 0.15) is 41.9 Å². The first-order chi connectivity index (χ1) is 11.1. The highest BCUT2D eigenvalue weighted by atomic mass is 16.5. The lowest BCUT2D eigenvalue weighted by molar-refractivity contribution is -0.137. The number of rotatable bonds is 8. The van der Waals surface area contributed by atoms with Gasteiger partial charge in [0.25, 0.3) is 5.91 Å². The molecule has 6 nitrogen and oxygen atoms in total. The largest absolute Gasteiger partial charge is 0.494 e. The monoisotopic (exact) mass is 317 g/mol. The summed E-state index contributed by atoms with van der Waals surface area (Å²) in [6, 6.07) is 9.50. The van der Waals surface area contributed by atoms with Crippen LogP contribution in [0.4, 0.5) is 0 Å². The normalized spacial score (nSPS) is 11.7. The zero-order valence-corrected chi connectivity index (χ0v) is 12.8. The van der Waals surface area contributed by atoms with Crippen molar-refractivity contribution in [1.82, 2.24) is 5.32 Å². The van der Waals surface area contributed by atoms with Crippen LogP contribution in [-0.4, -0.2) is 23.6 Å². The summed E-state index contributed by atoms with van der Waals surface area (Å²) in [6.07, 6.45) is 2.07. The van der Waals surface area contributed by atoms with Crippen molar-refractivity contribution in [3.05, 3.63) is 54.0 Å². The van der Waals surface area contributed by atoms with Crippen LogP contribution in [0.15, 0.2) is 47.1 Å². The zero-order valence-electron chi connectivity index (χ0n) is 12.8. The molecular weight excluding hydrogens is 298 g/mol. The summed E-state index contributed by atoms with van der Waals surface area (Å²) in [6.45, 7) is 2.63. The summed E-state index contributed by atoms with van der Waals surface area (Å²) in [7, 11) is 0. The van der Waals surface area contributed by atoms with Gasteiger partial charge in [-0.25, -0.2) is 0 Å². The first-order valence-electron chi connectivity index (χ1n) is 7.39. The predicted molar refractivity (Wildman–Crippen MR) is 83.4 cm³/mol. The average molecular weight is 317 g/mol. The van der Waals surface area contributed by atoms with E-state index in [0.29, 0.717) is 17.9 Å². The van der Waals surface area contributed by atoms with Crippen molar-refractivity contribution in [2.75, 3.05) is 6.61 Å². The van der Waals surface area contributed by atoms with Gasteiger partial charge in [0.2, 0.25) is 0 Å². The lowest BCUT2D eigenvalue weighted by Gasteiger charge is -2.17. The van der Waals surface area contributed by atoms with Gasteiger partial charge in [0.15, 0.2) is 5.76 Å². The Morgan fingerprint density at radius 1 is 1.26 bits per heavy atom. The van der Waals surface area contributed by atoms with Gasteiger partial charge >= 0.3 is 5.97 Å². The molecule has 1 atom stereocenters. The van der Waals surface area contributed by atoms with Gasteiger partial charge in [0, 0.05) is 0 Å². The summed E-state index contributed by atoms with van der Waals surface area (Å²) in [5, 5.41) is 11.7. The Bertz CT molecular complexity index is 634. The van der Waals surface area contributed by atoms with Crippen molar-refractivity contribution < 1.29 is 23.8 Å². The minimum Gasteiger partial charge on any atom is -0.494 e.